The third-order valence-corrected chi connectivity index (χ3v) is 5.59. The van der Waals surface area contributed by atoms with Crippen LogP contribution in [-0.4, -0.2) is 41.4 Å². The first-order chi connectivity index (χ1) is 10.6. The van der Waals surface area contributed by atoms with Crippen molar-refractivity contribution in [2.24, 2.45) is 0 Å². The fraction of sp³-hybridized carbons (Fsp3) is 0.467. The van der Waals surface area contributed by atoms with E-state index in [0.717, 1.165) is 15.6 Å². The van der Waals surface area contributed by atoms with E-state index in [2.05, 4.69) is 10.3 Å². The number of nitrogens with one attached hydrogen (secondary N) is 1. The second-order valence-corrected chi connectivity index (χ2v) is 7.22. The molecular formula is C15H18N2O3S2. The Labute approximate surface area is 137 Å². The van der Waals surface area contributed by atoms with E-state index in [4.69, 9.17) is 4.74 Å². The van der Waals surface area contributed by atoms with Gasteiger partial charge in [0.1, 0.15) is 5.01 Å². The molecule has 1 fully saturated rings. The molecule has 0 aliphatic carbocycles. The van der Waals surface area contributed by atoms with Crippen LogP contribution in [0.5, 0.6) is 0 Å². The molecule has 0 spiro atoms. The molecule has 0 unspecified atom stereocenters. The molecule has 118 valence electrons. The quantitative estimate of drug-likeness (QED) is 0.875. The van der Waals surface area contributed by atoms with Crippen LogP contribution in [0.15, 0.2) is 22.9 Å². The van der Waals surface area contributed by atoms with Gasteiger partial charge in [-0.25, -0.2) is 4.98 Å². The molecule has 2 aromatic heterocycles. The van der Waals surface area contributed by atoms with E-state index >= 15 is 0 Å². The number of amides is 1. The zero-order valence-corrected chi connectivity index (χ0v) is 13.7. The summed E-state index contributed by atoms with van der Waals surface area (Å²) in [5, 5.41) is 18.0. The summed E-state index contributed by atoms with van der Waals surface area (Å²) in [7, 11) is 0. The van der Waals surface area contributed by atoms with E-state index in [1.165, 1.54) is 0 Å². The van der Waals surface area contributed by atoms with Crippen molar-refractivity contribution in [2.45, 2.75) is 24.9 Å². The first-order valence-corrected chi connectivity index (χ1v) is 8.96. The molecule has 1 amide bonds. The van der Waals surface area contributed by atoms with Crippen LogP contribution in [0.3, 0.4) is 0 Å². The van der Waals surface area contributed by atoms with Gasteiger partial charge in [0.2, 0.25) is 5.91 Å². The van der Waals surface area contributed by atoms with Crippen molar-refractivity contribution in [3.05, 3.63) is 28.6 Å². The second kappa shape index (κ2) is 6.87. The van der Waals surface area contributed by atoms with Gasteiger partial charge in [0.15, 0.2) is 0 Å². The van der Waals surface area contributed by atoms with E-state index in [-0.39, 0.29) is 18.9 Å². The molecule has 5 nitrogen and oxygen atoms in total. The molecule has 0 radical (unpaired) electrons. The summed E-state index contributed by atoms with van der Waals surface area (Å²) in [6, 6.07) is 4.01. The normalized spacial score (nSPS) is 17.3. The number of aliphatic hydroxyl groups is 1. The van der Waals surface area contributed by atoms with Crippen molar-refractivity contribution in [1.82, 2.24) is 10.3 Å². The highest BCUT2D eigenvalue weighted by Crippen LogP contribution is 2.27. The minimum atomic E-state index is -0.835. The average Bonchev–Trinajstić information content (AvgIpc) is 3.17. The number of hydrogen-bond donors (Lipinski definition) is 2. The largest absolute Gasteiger partial charge is 0.388 e. The van der Waals surface area contributed by atoms with Crippen molar-refractivity contribution in [1.29, 1.82) is 0 Å². The van der Waals surface area contributed by atoms with Gasteiger partial charge in [-0.1, -0.05) is 6.07 Å². The molecule has 1 aliphatic rings. The lowest BCUT2D eigenvalue weighted by Gasteiger charge is -2.32. The van der Waals surface area contributed by atoms with Gasteiger partial charge in [0.25, 0.3) is 0 Å². The lowest BCUT2D eigenvalue weighted by molar-refractivity contribution is -0.123. The number of carbonyl (C=O) groups excluding carboxylic acids is 1. The van der Waals surface area contributed by atoms with Crippen LogP contribution in [-0.2, 0) is 16.0 Å². The Balaban J connectivity index is 1.51. The summed E-state index contributed by atoms with van der Waals surface area (Å²) in [6.07, 6.45) is 1.37. The van der Waals surface area contributed by atoms with Crippen LogP contribution < -0.4 is 5.32 Å². The fourth-order valence-electron chi connectivity index (χ4n) is 2.32. The zero-order chi connectivity index (χ0) is 15.4. The van der Waals surface area contributed by atoms with Gasteiger partial charge in [-0.3, -0.25) is 4.79 Å². The highest BCUT2D eigenvalue weighted by atomic mass is 32.1. The van der Waals surface area contributed by atoms with Gasteiger partial charge in [0.05, 0.1) is 22.6 Å². The number of aromatic nitrogens is 1. The lowest BCUT2D eigenvalue weighted by Crippen LogP contribution is -2.46. The van der Waals surface area contributed by atoms with Crippen molar-refractivity contribution < 1.29 is 14.6 Å². The Hall–Kier alpha value is -1.28. The van der Waals surface area contributed by atoms with Crippen molar-refractivity contribution >= 4 is 28.6 Å². The lowest BCUT2D eigenvalue weighted by atomic mass is 9.94. The molecule has 3 heterocycles. The smallest absolute Gasteiger partial charge is 0.226 e. The van der Waals surface area contributed by atoms with E-state index in [1.807, 2.05) is 22.9 Å². The predicted octanol–water partition coefficient (Wildman–Crippen LogP) is 2.07. The monoisotopic (exact) mass is 338 g/mol. The Morgan fingerprint density at radius 1 is 1.41 bits per heavy atom. The summed E-state index contributed by atoms with van der Waals surface area (Å²) in [5.41, 5.74) is -0.0668. The Morgan fingerprint density at radius 2 is 2.23 bits per heavy atom. The fourth-order valence-corrected chi connectivity index (χ4v) is 3.95. The van der Waals surface area contributed by atoms with Gasteiger partial charge < -0.3 is 15.2 Å². The molecule has 0 aromatic carbocycles. The molecule has 1 aliphatic heterocycles. The zero-order valence-electron chi connectivity index (χ0n) is 12.1. The van der Waals surface area contributed by atoms with Gasteiger partial charge in [-0.15, -0.1) is 22.7 Å². The summed E-state index contributed by atoms with van der Waals surface area (Å²) in [6.45, 7) is 1.36. The predicted molar refractivity (Wildman–Crippen MR) is 87.1 cm³/mol. The molecule has 3 rings (SSSR count). The summed E-state index contributed by atoms with van der Waals surface area (Å²) < 4.78 is 5.23. The van der Waals surface area contributed by atoms with Gasteiger partial charge in [0, 0.05) is 38.0 Å². The highest BCUT2D eigenvalue weighted by Gasteiger charge is 2.30. The SMILES string of the molecule is O=C(Cc1csc(-c2cccs2)n1)NCC1(O)CCOCC1. The third-order valence-electron chi connectivity index (χ3n) is 3.66. The van der Waals surface area contributed by atoms with E-state index in [9.17, 15) is 9.90 Å². The first-order valence-electron chi connectivity index (χ1n) is 7.20. The average molecular weight is 338 g/mol. The van der Waals surface area contributed by atoms with Gasteiger partial charge in [-0.05, 0) is 11.4 Å². The molecule has 7 heteroatoms. The number of ether oxygens (including phenoxy) is 1. The number of carbonyl (C=O) groups is 1. The van der Waals surface area contributed by atoms with Gasteiger partial charge in [-0.2, -0.15) is 0 Å². The van der Waals surface area contributed by atoms with Crippen molar-refractivity contribution in [2.75, 3.05) is 19.8 Å². The molecule has 2 N–H and O–H groups in total. The maximum atomic E-state index is 12.0. The molecule has 0 saturated carbocycles. The number of thiophene rings is 1. The van der Waals surface area contributed by atoms with E-state index in [0.29, 0.717) is 26.1 Å². The van der Waals surface area contributed by atoms with E-state index < -0.39 is 5.60 Å². The topological polar surface area (TPSA) is 71.5 Å². The number of thiazole rings is 1. The van der Waals surface area contributed by atoms with Crippen molar-refractivity contribution in [3.8, 4) is 9.88 Å². The maximum absolute atomic E-state index is 12.0. The molecule has 1 saturated heterocycles. The van der Waals surface area contributed by atoms with E-state index in [1.54, 1.807) is 22.7 Å². The minimum absolute atomic E-state index is 0.108. The molecule has 0 bridgehead atoms. The number of hydrogen-bond acceptors (Lipinski definition) is 6. The van der Waals surface area contributed by atoms with Crippen LogP contribution in [0.25, 0.3) is 9.88 Å². The Bertz CT molecular complexity index is 619. The Kier molecular flexibility index (Phi) is 4.87. The van der Waals surface area contributed by atoms with Crippen LogP contribution in [0.1, 0.15) is 18.5 Å². The molecule has 22 heavy (non-hydrogen) atoms. The Morgan fingerprint density at radius 3 is 2.95 bits per heavy atom. The first kappa shape index (κ1) is 15.6. The van der Waals surface area contributed by atoms with Crippen LogP contribution >= 0.6 is 22.7 Å². The minimum Gasteiger partial charge on any atom is -0.388 e. The molecular weight excluding hydrogens is 320 g/mol. The number of nitrogens with zero attached hydrogens (tertiary/aromatic N) is 1. The van der Waals surface area contributed by atoms with Crippen LogP contribution in [0.4, 0.5) is 0 Å². The van der Waals surface area contributed by atoms with Gasteiger partial charge >= 0.3 is 0 Å². The summed E-state index contributed by atoms with van der Waals surface area (Å²) in [5.74, 6) is -0.108. The highest BCUT2D eigenvalue weighted by molar-refractivity contribution is 7.20. The van der Waals surface area contributed by atoms with Crippen LogP contribution in [0, 0.1) is 0 Å². The number of rotatable bonds is 5. The summed E-state index contributed by atoms with van der Waals surface area (Å²) >= 11 is 3.19. The van der Waals surface area contributed by atoms with Crippen LogP contribution in [0.2, 0.25) is 0 Å². The third kappa shape index (κ3) is 3.92. The molecule has 2 aromatic rings. The molecule has 0 atom stereocenters. The standard InChI is InChI=1S/C15H18N2O3S2/c18-13(16-10-15(19)3-5-20-6-4-15)8-11-9-22-14(17-11)12-2-1-7-21-12/h1-2,7,9,19H,3-6,8,10H2,(H,16,18). The summed E-state index contributed by atoms with van der Waals surface area (Å²) in [4.78, 5) is 17.6. The maximum Gasteiger partial charge on any atom is 0.226 e. The second-order valence-electron chi connectivity index (χ2n) is 5.41. The van der Waals surface area contributed by atoms with Crippen molar-refractivity contribution in [3.63, 3.8) is 0 Å².